The van der Waals surface area contributed by atoms with E-state index < -0.39 is 23.6 Å². The number of aliphatic carboxylic acids is 1. The lowest BCUT2D eigenvalue weighted by atomic mass is 9.59. The van der Waals surface area contributed by atoms with Crippen molar-refractivity contribution in [2.75, 3.05) is 0 Å². The van der Waals surface area contributed by atoms with Crippen LogP contribution in [-0.2, 0) is 14.3 Å². The van der Waals surface area contributed by atoms with Gasteiger partial charge in [0.1, 0.15) is 6.10 Å². The maximum absolute atomic E-state index is 12.8. The number of carboxylic acids is 1. The Hall–Kier alpha value is -1.18. The highest BCUT2D eigenvalue weighted by Gasteiger charge is 2.47. The molecule has 0 spiro atoms. The zero-order valence-corrected chi connectivity index (χ0v) is 19.6. The van der Waals surface area contributed by atoms with Gasteiger partial charge in [0.25, 0.3) is 0 Å². The molecule has 2 aliphatic carbocycles. The number of aliphatic hydroxyl groups excluding tert-OH is 2. The number of carbonyl (C=O) groups is 2. The topological polar surface area (TPSA) is 130 Å². The van der Waals surface area contributed by atoms with Crippen LogP contribution in [0.25, 0.3) is 0 Å². The Kier molecular flexibility index (Phi) is 9.34. The Bertz CT molecular complexity index is 609. The van der Waals surface area contributed by atoms with Gasteiger partial charge in [0.05, 0.1) is 24.0 Å². The normalized spacial score (nSPS) is 33.3. The van der Waals surface area contributed by atoms with Crippen LogP contribution in [0.3, 0.4) is 0 Å². The lowest BCUT2D eigenvalue weighted by Crippen LogP contribution is -2.51. The van der Waals surface area contributed by atoms with Crippen molar-refractivity contribution in [1.82, 2.24) is 0 Å². The summed E-state index contributed by atoms with van der Waals surface area (Å²) in [6.45, 7) is 8.04. The number of ether oxygens (including phenoxy) is 1. The van der Waals surface area contributed by atoms with E-state index in [2.05, 4.69) is 6.92 Å². The third-order valence-electron chi connectivity index (χ3n) is 7.81. The van der Waals surface area contributed by atoms with E-state index in [9.17, 15) is 19.8 Å². The fraction of sp³-hybridized carbons (Fsp3) is 0.917. The Labute approximate surface area is 186 Å². The van der Waals surface area contributed by atoms with E-state index in [0.717, 1.165) is 25.7 Å². The van der Waals surface area contributed by atoms with Crippen LogP contribution in [0.5, 0.6) is 0 Å². The number of carbonyl (C=O) groups excluding carboxylic acids is 1. The van der Waals surface area contributed by atoms with Crippen molar-refractivity contribution in [2.24, 2.45) is 34.8 Å². The molecule has 0 aromatic heterocycles. The lowest BCUT2D eigenvalue weighted by Gasteiger charge is -2.50. The van der Waals surface area contributed by atoms with Crippen molar-refractivity contribution in [3.05, 3.63) is 0 Å². The molecule has 0 aromatic rings. The van der Waals surface area contributed by atoms with Crippen LogP contribution >= 0.6 is 0 Å². The number of aliphatic hydroxyl groups is 2. The maximum atomic E-state index is 12.8. The quantitative estimate of drug-likeness (QED) is 0.383. The van der Waals surface area contributed by atoms with Crippen LogP contribution in [-0.4, -0.2) is 51.6 Å². The van der Waals surface area contributed by atoms with Gasteiger partial charge >= 0.3 is 11.9 Å². The molecular formula is C24H43NO6. The van der Waals surface area contributed by atoms with E-state index in [-0.39, 0.29) is 36.9 Å². The standard InChI is InChI=1S/C24H43NO6/c1-5-24(3,4)23(30)31-20-11-16(25)10-15-7-6-14(2)19(22(15)20)9-8-17(26)12-18(27)13-21(28)29/h14-20,22,26-27H,5-13,25H2,1-4H3,(H,28,29)/t14-,15-,16?,17-,18+,19-,20-,22-/m1/s1. The first-order valence-electron chi connectivity index (χ1n) is 12.0. The molecule has 0 saturated heterocycles. The highest BCUT2D eigenvalue weighted by molar-refractivity contribution is 5.76. The first-order valence-corrected chi connectivity index (χ1v) is 12.0. The van der Waals surface area contributed by atoms with Crippen LogP contribution < -0.4 is 5.73 Å². The van der Waals surface area contributed by atoms with Crippen LogP contribution in [0.4, 0.5) is 0 Å². The van der Waals surface area contributed by atoms with E-state index in [0.29, 0.717) is 37.0 Å². The number of carboxylic acid groups (broad SMARTS) is 1. The molecular weight excluding hydrogens is 398 g/mol. The predicted molar refractivity (Wildman–Crippen MR) is 118 cm³/mol. The molecule has 0 aliphatic heterocycles. The van der Waals surface area contributed by atoms with Crippen LogP contribution in [0.1, 0.15) is 85.5 Å². The van der Waals surface area contributed by atoms with Crippen LogP contribution in [0.15, 0.2) is 0 Å². The highest BCUT2D eigenvalue weighted by atomic mass is 16.5. The molecule has 5 N–H and O–H groups in total. The van der Waals surface area contributed by atoms with Gasteiger partial charge in [0.15, 0.2) is 0 Å². The van der Waals surface area contributed by atoms with Gasteiger partial charge in [-0.2, -0.15) is 0 Å². The summed E-state index contributed by atoms with van der Waals surface area (Å²) in [6.07, 6.45) is 3.51. The summed E-state index contributed by atoms with van der Waals surface area (Å²) in [4.78, 5) is 23.6. The van der Waals surface area contributed by atoms with Crippen LogP contribution in [0, 0.1) is 29.1 Å². The molecule has 2 fully saturated rings. The summed E-state index contributed by atoms with van der Waals surface area (Å²) in [5, 5.41) is 29.0. The summed E-state index contributed by atoms with van der Waals surface area (Å²) in [6, 6.07) is 0.0367. The zero-order chi connectivity index (χ0) is 23.3. The fourth-order valence-corrected chi connectivity index (χ4v) is 5.55. The number of rotatable bonds is 10. The van der Waals surface area contributed by atoms with Gasteiger partial charge < -0.3 is 25.8 Å². The second kappa shape index (κ2) is 11.1. The van der Waals surface area contributed by atoms with Crippen molar-refractivity contribution < 1.29 is 29.6 Å². The smallest absolute Gasteiger partial charge is 0.311 e. The number of nitrogens with two attached hydrogens (primary N) is 1. The van der Waals surface area contributed by atoms with Gasteiger partial charge in [0, 0.05) is 12.0 Å². The van der Waals surface area contributed by atoms with Gasteiger partial charge in [-0.25, -0.2) is 0 Å². The van der Waals surface area contributed by atoms with E-state index in [1.807, 2.05) is 20.8 Å². The Balaban J connectivity index is 2.08. The van der Waals surface area contributed by atoms with Gasteiger partial charge in [-0.3, -0.25) is 9.59 Å². The van der Waals surface area contributed by atoms with Gasteiger partial charge in [-0.15, -0.1) is 0 Å². The Morgan fingerprint density at radius 2 is 1.84 bits per heavy atom. The number of hydrogen-bond donors (Lipinski definition) is 4. The van der Waals surface area contributed by atoms with Crippen molar-refractivity contribution >= 4 is 11.9 Å². The van der Waals surface area contributed by atoms with Gasteiger partial charge in [-0.1, -0.05) is 20.3 Å². The maximum Gasteiger partial charge on any atom is 0.311 e. The number of esters is 1. The predicted octanol–water partition coefficient (Wildman–Crippen LogP) is 3.10. The zero-order valence-electron chi connectivity index (χ0n) is 19.6. The summed E-state index contributed by atoms with van der Waals surface area (Å²) in [7, 11) is 0. The second-order valence-corrected chi connectivity index (χ2v) is 10.7. The van der Waals surface area contributed by atoms with Crippen molar-refractivity contribution in [3.63, 3.8) is 0 Å². The van der Waals surface area contributed by atoms with Crippen molar-refractivity contribution in [3.8, 4) is 0 Å². The fourth-order valence-electron chi connectivity index (χ4n) is 5.55. The van der Waals surface area contributed by atoms with E-state index in [1.165, 1.54) is 0 Å². The summed E-state index contributed by atoms with van der Waals surface area (Å²) < 4.78 is 6.09. The van der Waals surface area contributed by atoms with Crippen LogP contribution in [0.2, 0.25) is 0 Å². The minimum atomic E-state index is -1.07. The molecule has 2 saturated carbocycles. The molecule has 0 radical (unpaired) electrons. The van der Waals surface area contributed by atoms with Crippen molar-refractivity contribution in [2.45, 2.75) is 110 Å². The molecule has 7 nitrogen and oxygen atoms in total. The molecule has 2 rings (SSSR count). The molecule has 1 unspecified atom stereocenters. The van der Waals surface area contributed by atoms with Gasteiger partial charge in [0.2, 0.25) is 0 Å². The summed E-state index contributed by atoms with van der Waals surface area (Å²) in [5.74, 6) is 0.175. The molecule has 0 bridgehead atoms. The molecule has 2 aliphatic rings. The minimum Gasteiger partial charge on any atom is -0.481 e. The number of hydrogen-bond acceptors (Lipinski definition) is 6. The number of fused-ring (bicyclic) bond motifs is 1. The molecule has 180 valence electrons. The molecule has 7 heteroatoms. The average Bonchev–Trinajstić information content (AvgIpc) is 2.66. The van der Waals surface area contributed by atoms with Gasteiger partial charge in [-0.05, 0) is 76.5 Å². The molecule has 8 atom stereocenters. The SMILES string of the molecule is CCC(C)(C)C(=O)O[C@@H]1CC(N)C[C@H]2CC[C@@H](C)[C@@H](CC[C@@H](O)C[C@H](O)CC(=O)O)[C@@H]21. The Morgan fingerprint density at radius 3 is 2.45 bits per heavy atom. The highest BCUT2D eigenvalue weighted by Crippen LogP contribution is 2.49. The minimum absolute atomic E-state index is 0.0367. The monoisotopic (exact) mass is 441 g/mol. The first kappa shape index (κ1) is 26.1. The molecule has 0 amide bonds. The lowest BCUT2D eigenvalue weighted by molar-refractivity contribution is -0.172. The van der Waals surface area contributed by atoms with E-state index in [1.54, 1.807) is 0 Å². The molecule has 31 heavy (non-hydrogen) atoms. The van der Waals surface area contributed by atoms with Crippen molar-refractivity contribution in [1.29, 1.82) is 0 Å². The molecule has 0 heterocycles. The summed E-state index contributed by atoms with van der Waals surface area (Å²) >= 11 is 0. The molecule has 0 aromatic carbocycles. The Morgan fingerprint density at radius 1 is 1.16 bits per heavy atom. The van der Waals surface area contributed by atoms with E-state index >= 15 is 0 Å². The summed E-state index contributed by atoms with van der Waals surface area (Å²) in [5.41, 5.74) is 5.81. The average molecular weight is 442 g/mol. The second-order valence-electron chi connectivity index (χ2n) is 10.7. The van der Waals surface area contributed by atoms with E-state index in [4.69, 9.17) is 15.6 Å². The third kappa shape index (κ3) is 7.16. The largest absolute Gasteiger partial charge is 0.481 e. The first-order chi connectivity index (χ1) is 14.4. The third-order valence-corrected chi connectivity index (χ3v) is 7.81.